The van der Waals surface area contributed by atoms with Crippen LogP contribution in [0.1, 0.15) is 35.4 Å². The summed E-state index contributed by atoms with van der Waals surface area (Å²) < 4.78 is 7.10. The van der Waals surface area contributed by atoms with Crippen molar-refractivity contribution in [3.8, 4) is 11.4 Å². The third kappa shape index (κ3) is 3.76. The zero-order chi connectivity index (χ0) is 19.6. The predicted octanol–water partition coefficient (Wildman–Crippen LogP) is 5.10. The number of esters is 1. The smallest absolute Gasteiger partial charge is 0.357 e. The molecule has 140 valence electrons. The topological polar surface area (TPSA) is 72.8 Å². The Morgan fingerprint density at radius 2 is 2.11 bits per heavy atom. The van der Waals surface area contributed by atoms with Crippen LogP contribution in [0, 0.1) is 4.77 Å². The number of carbonyl (C=O) groups is 1. The van der Waals surface area contributed by atoms with Gasteiger partial charge in [0.25, 0.3) is 0 Å². The Kier molecular flexibility index (Phi) is 5.94. The molecule has 3 rings (SSSR count). The van der Waals surface area contributed by atoms with Gasteiger partial charge in [0, 0.05) is 12.4 Å². The maximum atomic E-state index is 12.6. The molecule has 3 aromatic rings. The monoisotopic (exact) mass is 422 g/mol. The van der Waals surface area contributed by atoms with Crippen LogP contribution in [-0.4, -0.2) is 32.6 Å². The largest absolute Gasteiger partial charge is 0.464 e. The SMILES string of the molecule is CCC(c1ccc(Cl)c(Cl)c1)n1c(C(=O)OC)c(-c2cnccn2)[nH]c1=S. The summed E-state index contributed by atoms with van der Waals surface area (Å²) in [4.78, 5) is 24.0. The van der Waals surface area contributed by atoms with E-state index in [2.05, 4.69) is 15.0 Å². The molecule has 2 heterocycles. The van der Waals surface area contributed by atoms with Crippen molar-refractivity contribution in [2.75, 3.05) is 7.11 Å². The standard InChI is InChI=1S/C18H16Cl2N4O2S/c1-3-14(10-4-5-11(19)12(20)8-10)24-16(17(25)26-2)15(23-18(24)27)13-9-21-6-7-22-13/h4-9,14H,3H2,1-2H3,(H,23,27). The Labute approximate surface area is 171 Å². The van der Waals surface area contributed by atoms with Gasteiger partial charge in [0.15, 0.2) is 10.5 Å². The first-order valence-electron chi connectivity index (χ1n) is 8.12. The van der Waals surface area contributed by atoms with Crippen molar-refractivity contribution < 1.29 is 9.53 Å². The Hall–Kier alpha value is -2.22. The number of halogens is 2. The number of benzene rings is 1. The molecule has 0 aliphatic carbocycles. The molecule has 0 bridgehead atoms. The number of rotatable bonds is 5. The minimum Gasteiger partial charge on any atom is -0.464 e. The fourth-order valence-electron chi connectivity index (χ4n) is 2.94. The molecule has 1 atom stereocenters. The molecule has 0 radical (unpaired) electrons. The van der Waals surface area contributed by atoms with E-state index < -0.39 is 5.97 Å². The van der Waals surface area contributed by atoms with E-state index in [-0.39, 0.29) is 11.7 Å². The molecule has 2 aromatic heterocycles. The lowest BCUT2D eigenvalue weighted by molar-refractivity contribution is 0.0587. The lowest BCUT2D eigenvalue weighted by Gasteiger charge is -2.20. The van der Waals surface area contributed by atoms with E-state index in [0.29, 0.717) is 32.6 Å². The molecule has 1 N–H and O–H groups in total. The number of H-pyrrole nitrogens is 1. The average molecular weight is 423 g/mol. The molecule has 0 spiro atoms. The van der Waals surface area contributed by atoms with Crippen LogP contribution in [0.3, 0.4) is 0 Å². The summed E-state index contributed by atoms with van der Waals surface area (Å²) in [5, 5.41) is 0.893. The van der Waals surface area contributed by atoms with Gasteiger partial charge < -0.3 is 14.3 Å². The molecule has 6 nitrogen and oxygen atoms in total. The van der Waals surface area contributed by atoms with Crippen molar-refractivity contribution in [3.63, 3.8) is 0 Å². The third-order valence-electron chi connectivity index (χ3n) is 4.15. The van der Waals surface area contributed by atoms with Gasteiger partial charge in [0.05, 0.1) is 35.1 Å². The van der Waals surface area contributed by atoms with E-state index in [4.69, 9.17) is 40.2 Å². The zero-order valence-electron chi connectivity index (χ0n) is 14.6. The number of aromatic nitrogens is 4. The normalized spacial score (nSPS) is 12.0. The van der Waals surface area contributed by atoms with Gasteiger partial charge >= 0.3 is 5.97 Å². The van der Waals surface area contributed by atoms with E-state index in [1.165, 1.54) is 7.11 Å². The molecule has 9 heteroatoms. The average Bonchev–Trinajstić information content (AvgIpc) is 3.02. The van der Waals surface area contributed by atoms with Gasteiger partial charge in [-0.15, -0.1) is 0 Å². The van der Waals surface area contributed by atoms with Gasteiger partial charge in [-0.3, -0.25) is 9.97 Å². The Morgan fingerprint density at radius 3 is 2.70 bits per heavy atom. The summed E-state index contributed by atoms with van der Waals surface area (Å²) >= 11 is 17.7. The molecule has 1 unspecified atom stereocenters. The Balaban J connectivity index is 2.24. The number of hydrogen-bond acceptors (Lipinski definition) is 5. The van der Waals surface area contributed by atoms with Crippen molar-refractivity contribution in [1.29, 1.82) is 0 Å². The van der Waals surface area contributed by atoms with Gasteiger partial charge in [-0.25, -0.2) is 4.79 Å². The maximum absolute atomic E-state index is 12.6. The van der Waals surface area contributed by atoms with E-state index in [0.717, 1.165) is 5.56 Å². The van der Waals surface area contributed by atoms with Gasteiger partial charge in [-0.1, -0.05) is 36.2 Å². The molecule has 27 heavy (non-hydrogen) atoms. The Bertz CT molecular complexity index is 1030. The summed E-state index contributed by atoms with van der Waals surface area (Å²) in [7, 11) is 1.32. The van der Waals surface area contributed by atoms with E-state index in [1.807, 2.05) is 13.0 Å². The van der Waals surface area contributed by atoms with E-state index >= 15 is 0 Å². The van der Waals surface area contributed by atoms with Crippen molar-refractivity contribution in [2.24, 2.45) is 0 Å². The zero-order valence-corrected chi connectivity index (χ0v) is 16.9. The van der Waals surface area contributed by atoms with Crippen LogP contribution >= 0.6 is 35.4 Å². The molecule has 0 saturated carbocycles. The Morgan fingerprint density at radius 1 is 1.33 bits per heavy atom. The lowest BCUT2D eigenvalue weighted by atomic mass is 10.0. The summed E-state index contributed by atoms with van der Waals surface area (Å²) in [5.41, 5.74) is 2.10. The number of nitrogens with zero attached hydrogens (tertiary/aromatic N) is 3. The molecule has 0 saturated heterocycles. The fourth-order valence-corrected chi connectivity index (χ4v) is 3.57. The summed E-state index contributed by atoms with van der Waals surface area (Å²) in [6.07, 6.45) is 5.31. The number of nitrogens with one attached hydrogen (secondary N) is 1. The first-order chi connectivity index (χ1) is 13.0. The summed E-state index contributed by atoms with van der Waals surface area (Å²) in [6.45, 7) is 1.99. The van der Waals surface area contributed by atoms with Gasteiger partial charge in [-0.05, 0) is 36.3 Å². The van der Waals surface area contributed by atoms with Crippen molar-refractivity contribution in [3.05, 3.63) is 62.9 Å². The van der Waals surface area contributed by atoms with E-state index in [9.17, 15) is 4.79 Å². The molecular weight excluding hydrogens is 407 g/mol. The number of carbonyl (C=O) groups excluding carboxylic acids is 1. The molecule has 1 aromatic carbocycles. The predicted molar refractivity (Wildman–Crippen MR) is 107 cm³/mol. The van der Waals surface area contributed by atoms with Crippen molar-refractivity contribution >= 4 is 41.4 Å². The number of methoxy groups -OCH3 is 1. The molecular formula is C18H16Cl2N4O2S. The first-order valence-corrected chi connectivity index (χ1v) is 9.28. The van der Waals surface area contributed by atoms with Crippen LogP contribution in [0.5, 0.6) is 0 Å². The summed E-state index contributed by atoms with van der Waals surface area (Å²) in [6, 6.07) is 5.11. The van der Waals surface area contributed by atoms with Gasteiger partial charge in [-0.2, -0.15) is 0 Å². The highest BCUT2D eigenvalue weighted by atomic mass is 35.5. The van der Waals surface area contributed by atoms with Crippen LogP contribution in [0.25, 0.3) is 11.4 Å². The summed E-state index contributed by atoms with van der Waals surface area (Å²) in [5.74, 6) is -0.526. The first kappa shape index (κ1) is 19.5. The second-order valence-corrected chi connectivity index (χ2v) is 6.90. The number of hydrogen-bond donors (Lipinski definition) is 1. The highest BCUT2D eigenvalue weighted by molar-refractivity contribution is 7.71. The van der Waals surface area contributed by atoms with E-state index in [1.54, 1.807) is 35.3 Å². The van der Waals surface area contributed by atoms with Crippen LogP contribution in [0.2, 0.25) is 10.0 Å². The second kappa shape index (κ2) is 8.21. The van der Waals surface area contributed by atoms with Crippen molar-refractivity contribution in [1.82, 2.24) is 19.5 Å². The van der Waals surface area contributed by atoms with Crippen LogP contribution < -0.4 is 0 Å². The lowest BCUT2D eigenvalue weighted by Crippen LogP contribution is -2.18. The molecule has 0 aliphatic heterocycles. The molecule has 0 aliphatic rings. The van der Waals surface area contributed by atoms with Crippen LogP contribution in [0.15, 0.2) is 36.8 Å². The second-order valence-electron chi connectivity index (χ2n) is 5.70. The number of imidazole rings is 1. The number of ether oxygens (including phenoxy) is 1. The molecule has 0 fully saturated rings. The van der Waals surface area contributed by atoms with Gasteiger partial charge in [0.1, 0.15) is 5.69 Å². The molecule has 0 amide bonds. The third-order valence-corrected chi connectivity index (χ3v) is 5.19. The van der Waals surface area contributed by atoms with Crippen LogP contribution in [0.4, 0.5) is 0 Å². The van der Waals surface area contributed by atoms with Crippen LogP contribution in [-0.2, 0) is 4.74 Å². The van der Waals surface area contributed by atoms with Crippen molar-refractivity contribution in [2.45, 2.75) is 19.4 Å². The quantitative estimate of drug-likeness (QED) is 0.457. The minimum absolute atomic E-state index is 0.247. The fraction of sp³-hybridized carbons (Fsp3) is 0.222. The minimum atomic E-state index is -0.526. The highest BCUT2D eigenvalue weighted by Gasteiger charge is 2.27. The number of aromatic amines is 1. The van der Waals surface area contributed by atoms with Gasteiger partial charge in [0.2, 0.25) is 0 Å². The maximum Gasteiger partial charge on any atom is 0.357 e. The highest BCUT2D eigenvalue weighted by Crippen LogP contribution is 2.33.